The second-order valence-electron chi connectivity index (χ2n) is 6.75. The molecule has 2 aromatic heterocycles. The number of hydrogen-bond acceptors (Lipinski definition) is 3. The Hall–Kier alpha value is -2.25. The highest BCUT2D eigenvalue weighted by Gasteiger charge is 2.29. The molecule has 0 N–H and O–H groups in total. The predicted molar refractivity (Wildman–Crippen MR) is 86.9 cm³/mol. The van der Waals surface area contributed by atoms with Crippen LogP contribution in [0.2, 0.25) is 0 Å². The fourth-order valence-corrected chi connectivity index (χ4v) is 3.89. The summed E-state index contributed by atoms with van der Waals surface area (Å²) in [5, 5.41) is 3.70. The third-order valence-electron chi connectivity index (χ3n) is 5.25. The quantitative estimate of drug-likeness (QED) is 0.856. The molecule has 1 fully saturated rings. The largest absolute Gasteiger partial charge is 0.340 e. The first-order valence-corrected chi connectivity index (χ1v) is 8.79. The maximum Gasteiger partial charge on any atom is 0.333 e. The van der Waals surface area contributed by atoms with Crippen LogP contribution in [-0.2, 0) is 17.8 Å². The van der Waals surface area contributed by atoms with Crippen molar-refractivity contribution in [1.82, 2.24) is 24.2 Å². The smallest absolute Gasteiger partial charge is 0.333 e. The fraction of sp³-hybridized carbons (Fsp3) is 0.588. The molecule has 2 aliphatic rings. The minimum atomic E-state index is -2.65. The minimum absolute atomic E-state index is 0.175. The Bertz CT molecular complexity index is 763. The number of carbonyl (C=O) groups is 1. The van der Waals surface area contributed by atoms with E-state index in [4.69, 9.17) is 0 Å². The zero-order chi connectivity index (χ0) is 17.4. The number of rotatable bonds is 3. The first-order chi connectivity index (χ1) is 12.1. The van der Waals surface area contributed by atoms with Crippen LogP contribution in [0.1, 0.15) is 38.1 Å². The van der Waals surface area contributed by atoms with Crippen molar-refractivity contribution in [2.75, 3.05) is 13.1 Å². The molecule has 3 heterocycles. The van der Waals surface area contributed by atoms with Crippen LogP contribution in [0.15, 0.2) is 18.6 Å². The van der Waals surface area contributed by atoms with Gasteiger partial charge in [0.2, 0.25) is 5.91 Å². The van der Waals surface area contributed by atoms with Gasteiger partial charge in [-0.25, -0.2) is 9.67 Å². The second-order valence-corrected chi connectivity index (χ2v) is 6.75. The molecule has 6 nitrogen and oxygen atoms in total. The Labute approximate surface area is 144 Å². The van der Waals surface area contributed by atoms with Gasteiger partial charge in [-0.2, -0.15) is 13.9 Å². The molecule has 2 aromatic rings. The highest BCUT2D eigenvalue weighted by atomic mass is 19.3. The molecule has 0 unspecified atom stereocenters. The van der Waals surface area contributed by atoms with Crippen LogP contribution in [-0.4, -0.2) is 43.2 Å². The van der Waals surface area contributed by atoms with E-state index in [-0.39, 0.29) is 11.8 Å². The van der Waals surface area contributed by atoms with E-state index in [0.717, 1.165) is 37.2 Å². The van der Waals surface area contributed by atoms with Crippen LogP contribution in [0.25, 0.3) is 11.3 Å². The molecule has 1 saturated carbocycles. The van der Waals surface area contributed by atoms with E-state index >= 15 is 0 Å². The Morgan fingerprint density at radius 3 is 2.68 bits per heavy atom. The fourth-order valence-electron chi connectivity index (χ4n) is 3.89. The topological polar surface area (TPSA) is 56.0 Å². The number of fused-ring (bicyclic) bond motifs is 1. The average molecular weight is 349 g/mol. The number of carbonyl (C=O) groups excluding carboxylic acids is 1. The van der Waals surface area contributed by atoms with Gasteiger partial charge in [-0.15, -0.1) is 0 Å². The molecule has 25 heavy (non-hydrogen) atoms. The number of aromatic nitrogens is 4. The molecule has 4 rings (SSSR count). The standard InChI is InChI=1S/C17H21F2N5O/c18-17(19)24-11-13(9-21-24)14-10-20-15-5-6-22(7-8-23(14)15)16(25)12-3-1-2-4-12/h9-12,17H,1-8H2. The van der Waals surface area contributed by atoms with Crippen LogP contribution in [0.5, 0.6) is 0 Å². The van der Waals surface area contributed by atoms with Gasteiger partial charge in [-0.1, -0.05) is 12.8 Å². The highest BCUT2D eigenvalue weighted by molar-refractivity contribution is 5.79. The third-order valence-corrected chi connectivity index (χ3v) is 5.25. The van der Waals surface area contributed by atoms with Gasteiger partial charge >= 0.3 is 6.55 Å². The maximum absolute atomic E-state index is 12.7. The molecular formula is C17H21F2N5O. The summed E-state index contributed by atoms with van der Waals surface area (Å²) in [7, 11) is 0. The molecule has 1 aliphatic heterocycles. The molecule has 1 amide bonds. The summed E-state index contributed by atoms with van der Waals surface area (Å²) in [5.41, 5.74) is 1.40. The predicted octanol–water partition coefficient (Wildman–Crippen LogP) is 2.72. The van der Waals surface area contributed by atoms with Crippen LogP contribution in [0, 0.1) is 5.92 Å². The van der Waals surface area contributed by atoms with E-state index in [0.29, 0.717) is 36.3 Å². The molecule has 0 radical (unpaired) electrons. The van der Waals surface area contributed by atoms with Gasteiger partial charge in [0.15, 0.2) is 0 Å². The number of imidazole rings is 1. The average Bonchev–Trinajstić information content (AvgIpc) is 3.32. The Morgan fingerprint density at radius 2 is 1.96 bits per heavy atom. The van der Waals surface area contributed by atoms with Crippen LogP contribution in [0.3, 0.4) is 0 Å². The first kappa shape index (κ1) is 16.2. The van der Waals surface area contributed by atoms with Crippen molar-refractivity contribution in [2.45, 2.75) is 45.2 Å². The van der Waals surface area contributed by atoms with Crippen molar-refractivity contribution in [3.05, 3.63) is 24.4 Å². The number of nitrogens with zero attached hydrogens (tertiary/aromatic N) is 5. The lowest BCUT2D eigenvalue weighted by Gasteiger charge is -2.23. The maximum atomic E-state index is 12.7. The monoisotopic (exact) mass is 349 g/mol. The SMILES string of the molecule is O=C(C1CCCC1)N1CCc2ncc(-c3cnn(C(F)F)c3)n2CC1. The van der Waals surface area contributed by atoms with Gasteiger partial charge < -0.3 is 9.47 Å². The summed E-state index contributed by atoms with van der Waals surface area (Å²) in [6.07, 6.45) is 9.44. The third kappa shape index (κ3) is 3.05. The molecule has 8 heteroatoms. The van der Waals surface area contributed by atoms with Gasteiger partial charge in [0.25, 0.3) is 0 Å². The summed E-state index contributed by atoms with van der Waals surface area (Å²) >= 11 is 0. The summed E-state index contributed by atoms with van der Waals surface area (Å²) in [4.78, 5) is 19.0. The summed E-state index contributed by atoms with van der Waals surface area (Å²) in [6, 6.07) is 0. The number of amides is 1. The molecule has 0 atom stereocenters. The molecule has 1 aliphatic carbocycles. The molecule has 0 aromatic carbocycles. The van der Waals surface area contributed by atoms with Crippen LogP contribution >= 0.6 is 0 Å². The van der Waals surface area contributed by atoms with E-state index in [1.54, 1.807) is 6.20 Å². The van der Waals surface area contributed by atoms with Gasteiger partial charge in [0, 0.05) is 43.7 Å². The van der Waals surface area contributed by atoms with Crippen molar-refractivity contribution >= 4 is 5.91 Å². The Kier molecular flexibility index (Phi) is 4.27. The number of halogens is 2. The van der Waals surface area contributed by atoms with Crippen molar-refractivity contribution in [3.63, 3.8) is 0 Å². The van der Waals surface area contributed by atoms with E-state index < -0.39 is 6.55 Å². The van der Waals surface area contributed by atoms with Crippen molar-refractivity contribution in [2.24, 2.45) is 5.92 Å². The normalized spacial score (nSPS) is 18.6. The Balaban J connectivity index is 1.52. The summed E-state index contributed by atoms with van der Waals surface area (Å²) < 4.78 is 28.2. The lowest BCUT2D eigenvalue weighted by atomic mass is 10.1. The molecule has 0 spiro atoms. The van der Waals surface area contributed by atoms with Gasteiger partial charge in [0.1, 0.15) is 5.82 Å². The highest BCUT2D eigenvalue weighted by Crippen LogP contribution is 2.28. The number of hydrogen-bond donors (Lipinski definition) is 0. The second kappa shape index (κ2) is 6.57. The molecular weight excluding hydrogens is 328 g/mol. The van der Waals surface area contributed by atoms with Crippen molar-refractivity contribution < 1.29 is 13.6 Å². The lowest BCUT2D eigenvalue weighted by Crippen LogP contribution is -2.37. The van der Waals surface area contributed by atoms with Crippen LogP contribution in [0.4, 0.5) is 8.78 Å². The summed E-state index contributed by atoms with van der Waals surface area (Å²) in [6.45, 7) is -0.723. The lowest BCUT2D eigenvalue weighted by molar-refractivity contribution is -0.135. The molecule has 0 saturated heterocycles. The van der Waals surface area contributed by atoms with E-state index in [9.17, 15) is 13.6 Å². The zero-order valence-electron chi connectivity index (χ0n) is 13.9. The van der Waals surface area contributed by atoms with Crippen LogP contribution < -0.4 is 0 Å². The van der Waals surface area contributed by atoms with Gasteiger partial charge in [-0.3, -0.25) is 4.79 Å². The van der Waals surface area contributed by atoms with E-state index in [1.165, 1.54) is 12.4 Å². The van der Waals surface area contributed by atoms with Gasteiger partial charge in [0.05, 0.1) is 18.1 Å². The first-order valence-electron chi connectivity index (χ1n) is 8.79. The van der Waals surface area contributed by atoms with E-state index in [1.807, 2.05) is 9.47 Å². The van der Waals surface area contributed by atoms with E-state index in [2.05, 4.69) is 10.1 Å². The molecule has 0 bridgehead atoms. The molecule has 134 valence electrons. The zero-order valence-corrected chi connectivity index (χ0v) is 13.9. The number of alkyl halides is 2. The van der Waals surface area contributed by atoms with Crippen molar-refractivity contribution in [3.8, 4) is 11.3 Å². The summed E-state index contributed by atoms with van der Waals surface area (Å²) in [5.74, 6) is 1.33. The van der Waals surface area contributed by atoms with Gasteiger partial charge in [-0.05, 0) is 12.8 Å². The van der Waals surface area contributed by atoms with Crippen molar-refractivity contribution in [1.29, 1.82) is 0 Å². The minimum Gasteiger partial charge on any atom is -0.340 e. The Morgan fingerprint density at radius 1 is 1.16 bits per heavy atom.